The van der Waals surface area contributed by atoms with Crippen LogP contribution in [0.5, 0.6) is 11.5 Å². The number of hydrogen-bond acceptors (Lipinski definition) is 7. The lowest BCUT2D eigenvalue weighted by atomic mass is 10.1. The number of nitro benzene ring substituents is 1. The van der Waals surface area contributed by atoms with Crippen molar-refractivity contribution in [2.75, 3.05) is 7.11 Å². The summed E-state index contributed by atoms with van der Waals surface area (Å²) in [5.74, 6) is 0.672. The average molecular weight is 682 g/mol. The van der Waals surface area contributed by atoms with E-state index in [-0.39, 0.29) is 23.9 Å². The molecule has 1 aliphatic heterocycles. The standard InChI is InChI=1S/C24H16I2N2O6/c1-32-21-12-15(11-20-24(29)34-23(27-20)16-5-7-17(25)8-6-16)10-19(26)22(21)33-13-14-3-2-4-18(9-14)28(30)31/h2-12H,13H2,1H3/b20-11-. The summed E-state index contributed by atoms with van der Waals surface area (Å²) in [5, 5.41) is 11.0. The lowest BCUT2D eigenvalue weighted by Crippen LogP contribution is -2.05. The zero-order chi connectivity index (χ0) is 24.2. The molecule has 3 aromatic rings. The Labute approximate surface area is 222 Å². The van der Waals surface area contributed by atoms with Gasteiger partial charge in [0, 0.05) is 21.3 Å². The minimum Gasteiger partial charge on any atom is -0.493 e. The van der Waals surface area contributed by atoms with Crippen LogP contribution < -0.4 is 9.47 Å². The maximum absolute atomic E-state index is 12.4. The van der Waals surface area contributed by atoms with Gasteiger partial charge in [0.25, 0.3) is 5.69 Å². The van der Waals surface area contributed by atoms with Crippen LogP contribution in [0.4, 0.5) is 5.69 Å². The summed E-state index contributed by atoms with van der Waals surface area (Å²) in [7, 11) is 1.51. The summed E-state index contributed by atoms with van der Waals surface area (Å²) in [6.07, 6.45) is 1.62. The Kier molecular flexibility index (Phi) is 7.46. The van der Waals surface area contributed by atoms with Crippen molar-refractivity contribution in [2.45, 2.75) is 6.61 Å². The van der Waals surface area contributed by atoms with Gasteiger partial charge in [-0.15, -0.1) is 0 Å². The summed E-state index contributed by atoms with van der Waals surface area (Å²) in [5.41, 5.74) is 2.23. The Morgan fingerprint density at radius 1 is 1.12 bits per heavy atom. The van der Waals surface area contributed by atoms with Gasteiger partial charge in [0.05, 0.1) is 15.6 Å². The van der Waals surface area contributed by atoms with Crippen LogP contribution in [0.25, 0.3) is 6.08 Å². The molecule has 0 spiro atoms. The zero-order valence-electron chi connectivity index (χ0n) is 17.7. The van der Waals surface area contributed by atoms with E-state index in [1.807, 2.05) is 30.3 Å². The molecule has 172 valence electrons. The fourth-order valence-electron chi connectivity index (χ4n) is 3.16. The van der Waals surface area contributed by atoms with E-state index < -0.39 is 10.9 Å². The molecule has 4 rings (SSSR count). The molecule has 0 atom stereocenters. The number of esters is 1. The van der Waals surface area contributed by atoms with E-state index in [4.69, 9.17) is 14.2 Å². The van der Waals surface area contributed by atoms with Gasteiger partial charge >= 0.3 is 5.97 Å². The Bertz CT molecular complexity index is 1340. The largest absolute Gasteiger partial charge is 0.493 e. The van der Waals surface area contributed by atoms with Crippen molar-refractivity contribution in [2.24, 2.45) is 4.99 Å². The molecule has 10 heteroatoms. The van der Waals surface area contributed by atoms with Crippen LogP contribution >= 0.6 is 45.2 Å². The first-order valence-corrected chi connectivity index (χ1v) is 12.0. The summed E-state index contributed by atoms with van der Waals surface area (Å²) < 4.78 is 18.5. The third-order valence-electron chi connectivity index (χ3n) is 4.77. The number of rotatable bonds is 7. The van der Waals surface area contributed by atoms with Crippen molar-refractivity contribution in [3.05, 3.63) is 100 Å². The van der Waals surface area contributed by atoms with Crippen molar-refractivity contribution < 1.29 is 23.9 Å². The van der Waals surface area contributed by atoms with Gasteiger partial charge < -0.3 is 14.2 Å². The molecule has 0 N–H and O–H groups in total. The van der Waals surface area contributed by atoms with E-state index in [1.165, 1.54) is 19.2 Å². The number of carbonyl (C=O) groups is 1. The first kappa shape index (κ1) is 24.1. The smallest absolute Gasteiger partial charge is 0.363 e. The van der Waals surface area contributed by atoms with Gasteiger partial charge in [-0.05, 0) is 98.8 Å². The molecule has 8 nitrogen and oxygen atoms in total. The summed E-state index contributed by atoms with van der Waals surface area (Å²) in [6, 6.07) is 17.3. The normalized spacial score (nSPS) is 14.0. The third-order valence-corrected chi connectivity index (χ3v) is 6.29. The van der Waals surface area contributed by atoms with Crippen LogP contribution in [0.3, 0.4) is 0 Å². The second kappa shape index (κ2) is 10.5. The van der Waals surface area contributed by atoms with E-state index in [1.54, 1.807) is 24.3 Å². The molecular formula is C24H16I2N2O6. The van der Waals surface area contributed by atoms with Gasteiger partial charge in [-0.1, -0.05) is 12.1 Å². The zero-order valence-corrected chi connectivity index (χ0v) is 22.0. The van der Waals surface area contributed by atoms with Gasteiger partial charge in [-0.3, -0.25) is 10.1 Å². The molecule has 3 aromatic carbocycles. The van der Waals surface area contributed by atoms with E-state index >= 15 is 0 Å². The molecule has 0 saturated carbocycles. The predicted octanol–water partition coefficient (Wildman–Crippen LogP) is 5.74. The second-order valence-corrected chi connectivity index (χ2v) is 9.50. The van der Waals surface area contributed by atoms with E-state index in [2.05, 4.69) is 50.2 Å². The number of benzene rings is 3. The molecule has 1 heterocycles. The van der Waals surface area contributed by atoms with Gasteiger partial charge in [0.1, 0.15) is 6.61 Å². The van der Waals surface area contributed by atoms with Crippen LogP contribution in [0.1, 0.15) is 16.7 Å². The Balaban J connectivity index is 1.57. The van der Waals surface area contributed by atoms with Crippen molar-refractivity contribution in [1.82, 2.24) is 0 Å². The molecule has 0 fully saturated rings. The number of non-ortho nitro benzene ring substituents is 1. The molecular weight excluding hydrogens is 666 g/mol. The number of nitrogens with zero attached hydrogens (tertiary/aromatic N) is 2. The topological polar surface area (TPSA) is 100 Å². The van der Waals surface area contributed by atoms with Gasteiger partial charge in [0.15, 0.2) is 17.2 Å². The molecule has 0 bridgehead atoms. The second-order valence-electron chi connectivity index (χ2n) is 7.09. The van der Waals surface area contributed by atoms with Crippen molar-refractivity contribution in [3.63, 3.8) is 0 Å². The predicted molar refractivity (Wildman–Crippen MR) is 143 cm³/mol. The molecule has 0 radical (unpaired) electrons. The third kappa shape index (κ3) is 5.55. The quantitative estimate of drug-likeness (QED) is 0.104. The summed E-state index contributed by atoms with van der Waals surface area (Å²) in [6.45, 7) is 0.129. The van der Waals surface area contributed by atoms with Crippen molar-refractivity contribution in [1.29, 1.82) is 0 Å². The summed E-state index contributed by atoms with van der Waals surface area (Å²) >= 11 is 4.31. The molecule has 0 aliphatic carbocycles. The first-order valence-electron chi connectivity index (χ1n) is 9.86. The van der Waals surface area contributed by atoms with Crippen LogP contribution in [0, 0.1) is 17.3 Å². The molecule has 0 amide bonds. The first-order chi connectivity index (χ1) is 16.3. The number of ether oxygens (including phenoxy) is 3. The maximum Gasteiger partial charge on any atom is 0.363 e. The Morgan fingerprint density at radius 3 is 2.59 bits per heavy atom. The molecule has 1 aliphatic rings. The maximum atomic E-state index is 12.4. The number of halogens is 2. The lowest BCUT2D eigenvalue weighted by Gasteiger charge is -2.13. The molecule has 34 heavy (non-hydrogen) atoms. The lowest BCUT2D eigenvalue weighted by molar-refractivity contribution is -0.384. The highest BCUT2D eigenvalue weighted by molar-refractivity contribution is 14.1. The molecule has 0 aromatic heterocycles. The molecule has 0 saturated heterocycles. The summed E-state index contributed by atoms with van der Waals surface area (Å²) in [4.78, 5) is 27.2. The number of nitro groups is 1. The number of methoxy groups -OCH3 is 1. The van der Waals surface area contributed by atoms with Crippen LogP contribution in [0.2, 0.25) is 0 Å². The average Bonchev–Trinajstić information content (AvgIpc) is 3.18. The Morgan fingerprint density at radius 2 is 1.88 bits per heavy atom. The fraction of sp³-hybridized carbons (Fsp3) is 0.0833. The Hall–Kier alpha value is -3.00. The number of hydrogen-bond donors (Lipinski definition) is 0. The monoisotopic (exact) mass is 682 g/mol. The minimum absolute atomic E-state index is 0.00153. The van der Waals surface area contributed by atoms with Gasteiger partial charge in [0.2, 0.25) is 5.90 Å². The van der Waals surface area contributed by atoms with E-state index in [9.17, 15) is 14.9 Å². The molecule has 0 unspecified atom stereocenters. The van der Waals surface area contributed by atoms with E-state index in [0.717, 1.165) is 7.14 Å². The van der Waals surface area contributed by atoms with Crippen molar-refractivity contribution in [3.8, 4) is 11.5 Å². The number of aliphatic imine (C=N–C) groups is 1. The highest BCUT2D eigenvalue weighted by Crippen LogP contribution is 2.35. The number of cyclic esters (lactones) is 1. The fourth-order valence-corrected chi connectivity index (χ4v) is 4.30. The van der Waals surface area contributed by atoms with E-state index in [0.29, 0.717) is 28.2 Å². The van der Waals surface area contributed by atoms with Gasteiger partial charge in [-0.2, -0.15) is 0 Å². The SMILES string of the molecule is COc1cc(/C=C2\N=C(c3ccc(I)cc3)OC2=O)cc(I)c1OCc1cccc([N+](=O)[O-])c1. The van der Waals surface area contributed by atoms with Crippen LogP contribution in [0.15, 0.2) is 71.4 Å². The minimum atomic E-state index is -0.534. The number of carbonyl (C=O) groups excluding carboxylic acids is 1. The van der Waals surface area contributed by atoms with Crippen LogP contribution in [-0.4, -0.2) is 23.9 Å². The van der Waals surface area contributed by atoms with Gasteiger partial charge in [-0.25, -0.2) is 9.79 Å². The highest BCUT2D eigenvalue weighted by atomic mass is 127. The van der Waals surface area contributed by atoms with Crippen molar-refractivity contribution >= 4 is 68.8 Å². The highest BCUT2D eigenvalue weighted by Gasteiger charge is 2.24. The van der Waals surface area contributed by atoms with Crippen LogP contribution in [-0.2, 0) is 16.1 Å².